The first kappa shape index (κ1) is 16.1. The van der Waals surface area contributed by atoms with Crippen molar-refractivity contribution in [3.8, 4) is 0 Å². The summed E-state index contributed by atoms with van der Waals surface area (Å²) in [4.78, 5) is 4.61. The Bertz CT molecular complexity index is 533. The second kappa shape index (κ2) is 9.60. The molecule has 2 rings (SSSR count). The molecule has 0 saturated carbocycles. The molecule has 0 atom stereocenters. The SMILES string of the molecule is CCNC(=NCCCc1ccccc1)NCCn1cccn1. The van der Waals surface area contributed by atoms with Gasteiger partial charge in [0.2, 0.25) is 0 Å². The van der Waals surface area contributed by atoms with Crippen molar-refractivity contribution in [2.24, 2.45) is 4.99 Å². The molecule has 2 N–H and O–H groups in total. The Morgan fingerprint density at radius 2 is 2.05 bits per heavy atom. The van der Waals surface area contributed by atoms with E-state index in [9.17, 15) is 0 Å². The van der Waals surface area contributed by atoms with E-state index in [-0.39, 0.29) is 0 Å². The Morgan fingerprint density at radius 3 is 2.77 bits per heavy atom. The minimum Gasteiger partial charge on any atom is -0.357 e. The topological polar surface area (TPSA) is 54.2 Å². The van der Waals surface area contributed by atoms with Crippen LogP contribution in [0.15, 0.2) is 53.8 Å². The lowest BCUT2D eigenvalue weighted by molar-refractivity contribution is 0.597. The summed E-state index contributed by atoms with van der Waals surface area (Å²) in [7, 11) is 0. The molecule has 0 spiro atoms. The average Bonchev–Trinajstić information content (AvgIpc) is 3.06. The van der Waals surface area contributed by atoms with E-state index in [4.69, 9.17) is 0 Å². The lowest BCUT2D eigenvalue weighted by atomic mass is 10.1. The minimum atomic E-state index is 0.812. The number of aliphatic imine (C=N–C) groups is 1. The summed E-state index contributed by atoms with van der Waals surface area (Å²) < 4.78 is 1.91. The summed E-state index contributed by atoms with van der Waals surface area (Å²) in [5.74, 6) is 0.878. The van der Waals surface area contributed by atoms with Crippen LogP contribution in [0, 0.1) is 0 Å². The summed E-state index contributed by atoms with van der Waals surface area (Å²) in [6.07, 6.45) is 5.88. The van der Waals surface area contributed by atoms with Crippen molar-refractivity contribution < 1.29 is 0 Å². The molecule has 1 aromatic carbocycles. The van der Waals surface area contributed by atoms with E-state index < -0.39 is 0 Å². The average molecular weight is 299 g/mol. The van der Waals surface area contributed by atoms with Crippen LogP contribution in [0.25, 0.3) is 0 Å². The van der Waals surface area contributed by atoms with Crippen LogP contribution in [0.2, 0.25) is 0 Å². The maximum Gasteiger partial charge on any atom is 0.191 e. The maximum atomic E-state index is 4.61. The third-order valence-corrected chi connectivity index (χ3v) is 3.27. The van der Waals surface area contributed by atoms with Crippen LogP contribution in [0.3, 0.4) is 0 Å². The first-order valence-corrected chi connectivity index (χ1v) is 7.92. The predicted molar refractivity (Wildman–Crippen MR) is 91.0 cm³/mol. The fourth-order valence-electron chi connectivity index (χ4n) is 2.18. The summed E-state index contributed by atoms with van der Waals surface area (Å²) in [6.45, 7) is 5.42. The quantitative estimate of drug-likeness (QED) is 0.446. The smallest absolute Gasteiger partial charge is 0.191 e. The molecule has 0 bridgehead atoms. The summed E-state index contributed by atoms with van der Waals surface area (Å²) >= 11 is 0. The van der Waals surface area contributed by atoms with Gasteiger partial charge < -0.3 is 10.6 Å². The number of aryl methyl sites for hydroxylation is 1. The van der Waals surface area contributed by atoms with E-state index in [1.165, 1.54) is 5.56 Å². The molecule has 0 unspecified atom stereocenters. The number of nitrogens with zero attached hydrogens (tertiary/aromatic N) is 3. The molecule has 0 aliphatic heterocycles. The molecule has 0 aliphatic rings. The van der Waals surface area contributed by atoms with E-state index >= 15 is 0 Å². The fourth-order valence-corrected chi connectivity index (χ4v) is 2.18. The zero-order valence-corrected chi connectivity index (χ0v) is 13.2. The van der Waals surface area contributed by atoms with Crippen LogP contribution in [0.4, 0.5) is 0 Å². The lowest BCUT2D eigenvalue weighted by Gasteiger charge is -2.11. The van der Waals surface area contributed by atoms with Crippen LogP contribution in [-0.2, 0) is 13.0 Å². The summed E-state index contributed by atoms with van der Waals surface area (Å²) in [6, 6.07) is 12.5. The van der Waals surface area contributed by atoms with Crippen molar-refractivity contribution in [3.05, 3.63) is 54.4 Å². The maximum absolute atomic E-state index is 4.61. The van der Waals surface area contributed by atoms with Crippen molar-refractivity contribution in [1.29, 1.82) is 0 Å². The largest absolute Gasteiger partial charge is 0.357 e. The van der Waals surface area contributed by atoms with Gasteiger partial charge in [0.15, 0.2) is 5.96 Å². The number of nitrogens with one attached hydrogen (secondary N) is 2. The standard InChI is InChI=1S/C17H25N5/c1-2-18-17(20-13-15-22-14-7-12-21-22)19-11-6-10-16-8-4-3-5-9-16/h3-5,7-9,12,14H,2,6,10-11,13,15H2,1H3,(H2,18,19,20). The Hall–Kier alpha value is -2.30. The highest BCUT2D eigenvalue weighted by Gasteiger charge is 1.97. The van der Waals surface area contributed by atoms with Gasteiger partial charge in [0.05, 0.1) is 6.54 Å². The van der Waals surface area contributed by atoms with E-state index in [2.05, 4.69) is 58.0 Å². The van der Waals surface area contributed by atoms with Gasteiger partial charge in [-0.15, -0.1) is 0 Å². The first-order valence-electron chi connectivity index (χ1n) is 7.92. The molecule has 0 amide bonds. The zero-order chi connectivity index (χ0) is 15.5. The van der Waals surface area contributed by atoms with Crippen molar-refractivity contribution >= 4 is 5.96 Å². The molecule has 5 heteroatoms. The van der Waals surface area contributed by atoms with Crippen molar-refractivity contribution in [3.63, 3.8) is 0 Å². The Labute approximate surface area is 132 Å². The number of guanidine groups is 1. The van der Waals surface area contributed by atoms with Crippen molar-refractivity contribution in [2.45, 2.75) is 26.3 Å². The minimum absolute atomic E-state index is 0.812. The molecule has 1 heterocycles. The molecule has 1 aromatic heterocycles. The molecular weight excluding hydrogens is 274 g/mol. The van der Waals surface area contributed by atoms with Gasteiger partial charge in [-0.25, -0.2) is 0 Å². The Morgan fingerprint density at radius 1 is 1.18 bits per heavy atom. The van der Waals surface area contributed by atoms with E-state index in [1.54, 1.807) is 6.20 Å². The van der Waals surface area contributed by atoms with Gasteiger partial charge in [0, 0.05) is 32.0 Å². The summed E-state index contributed by atoms with van der Waals surface area (Å²) in [5, 5.41) is 10.8. The Balaban J connectivity index is 1.69. The second-order valence-corrected chi connectivity index (χ2v) is 5.05. The van der Waals surface area contributed by atoms with E-state index in [0.29, 0.717) is 0 Å². The zero-order valence-electron chi connectivity index (χ0n) is 13.2. The lowest BCUT2D eigenvalue weighted by Crippen LogP contribution is -2.39. The van der Waals surface area contributed by atoms with Gasteiger partial charge in [-0.3, -0.25) is 9.67 Å². The van der Waals surface area contributed by atoms with Gasteiger partial charge in [-0.2, -0.15) is 5.10 Å². The van der Waals surface area contributed by atoms with Crippen LogP contribution in [0.1, 0.15) is 18.9 Å². The predicted octanol–water partition coefficient (Wildman–Crippen LogP) is 2.07. The van der Waals surface area contributed by atoms with Crippen molar-refractivity contribution in [2.75, 3.05) is 19.6 Å². The molecule has 5 nitrogen and oxygen atoms in total. The van der Waals surface area contributed by atoms with Gasteiger partial charge in [-0.1, -0.05) is 30.3 Å². The third-order valence-electron chi connectivity index (χ3n) is 3.27. The van der Waals surface area contributed by atoms with Gasteiger partial charge in [0.1, 0.15) is 0 Å². The van der Waals surface area contributed by atoms with Crippen LogP contribution in [0.5, 0.6) is 0 Å². The fraction of sp³-hybridized carbons (Fsp3) is 0.412. The van der Waals surface area contributed by atoms with Crippen LogP contribution >= 0.6 is 0 Å². The first-order chi connectivity index (χ1) is 10.9. The molecule has 0 fully saturated rings. The van der Waals surface area contributed by atoms with Crippen LogP contribution in [-0.4, -0.2) is 35.4 Å². The number of aromatic nitrogens is 2. The third kappa shape index (κ3) is 5.99. The molecule has 0 saturated heterocycles. The number of benzene rings is 1. The van der Waals surface area contributed by atoms with Gasteiger partial charge >= 0.3 is 0 Å². The van der Waals surface area contributed by atoms with Gasteiger partial charge in [-0.05, 0) is 31.4 Å². The molecule has 118 valence electrons. The monoisotopic (exact) mass is 299 g/mol. The molecule has 2 aromatic rings. The number of hydrogen-bond acceptors (Lipinski definition) is 2. The molecule has 0 radical (unpaired) electrons. The van der Waals surface area contributed by atoms with Crippen LogP contribution < -0.4 is 10.6 Å². The number of rotatable bonds is 8. The van der Waals surface area contributed by atoms with Gasteiger partial charge in [0.25, 0.3) is 0 Å². The highest BCUT2D eigenvalue weighted by molar-refractivity contribution is 5.79. The number of hydrogen-bond donors (Lipinski definition) is 2. The molecular formula is C17H25N5. The highest BCUT2D eigenvalue weighted by atomic mass is 15.3. The highest BCUT2D eigenvalue weighted by Crippen LogP contribution is 2.02. The van der Waals surface area contributed by atoms with E-state index in [0.717, 1.165) is 45.0 Å². The van der Waals surface area contributed by atoms with E-state index in [1.807, 2.05) is 16.9 Å². The van der Waals surface area contributed by atoms with Crippen molar-refractivity contribution in [1.82, 2.24) is 20.4 Å². The molecule has 22 heavy (non-hydrogen) atoms. The Kier molecular flexibility index (Phi) is 7.02. The normalized spacial score (nSPS) is 11.4. The second-order valence-electron chi connectivity index (χ2n) is 5.05. The molecule has 0 aliphatic carbocycles. The summed E-state index contributed by atoms with van der Waals surface area (Å²) in [5.41, 5.74) is 1.37.